The molecule has 0 saturated heterocycles. The van der Waals surface area contributed by atoms with Gasteiger partial charge in [-0.2, -0.15) is 0 Å². The number of allylic oxidation sites excluding steroid dienone is 14. The quantitative estimate of drug-likeness (QED) is 0.0261. The Morgan fingerprint density at radius 2 is 0.481 bits per heavy atom. The lowest BCUT2D eigenvalue weighted by Crippen LogP contribution is -2.30. The van der Waals surface area contributed by atoms with E-state index in [0.29, 0.717) is 19.3 Å². The highest BCUT2D eigenvalue weighted by atomic mass is 16.6. The molecule has 0 fully saturated rings. The highest BCUT2D eigenvalue weighted by molar-refractivity contribution is 5.71. The van der Waals surface area contributed by atoms with Crippen molar-refractivity contribution < 1.29 is 28.6 Å². The molecule has 81 heavy (non-hydrogen) atoms. The zero-order valence-corrected chi connectivity index (χ0v) is 53.8. The van der Waals surface area contributed by atoms with Gasteiger partial charge in [0.05, 0.1) is 0 Å². The van der Waals surface area contributed by atoms with Crippen molar-refractivity contribution in [3.05, 3.63) is 85.1 Å². The molecule has 0 saturated carbocycles. The van der Waals surface area contributed by atoms with Gasteiger partial charge in [-0.3, -0.25) is 14.4 Å². The van der Waals surface area contributed by atoms with Gasteiger partial charge < -0.3 is 14.2 Å². The van der Waals surface area contributed by atoms with Gasteiger partial charge in [0, 0.05) is 19.3 Å². The van der Waals surface area contributed by atoms with Crippen LogP contribution in [0.5, 0.6) is 0 Å². The van der Waals surface area contributed by atoms with E-state index in [4.69, 9.17) is 14.2 Å². The van der Waals surface area contributed by atoms with Crippen LogP contribution in [0.4, 0.5) is 0 Å². The summed E-state index contributed by atoms with van der Waals surface area (Å²) in [7, 11) is 0. The van der Waals surface area contributed by atoms with Gasteiger partial charge in [-0.25, -0.2) is 0 Å². The summed E-state index contributed by atoms with van der Waals surface area (Å²) in [6, 6.07) is 0. The van der Waals surface area contributed by atoms with Crippen LogP contribution in [-0.4, -0.2) is 37.2 Å². The fourth-order valence-electron chi connectivity index (χ4n) is 10.1. The van der Waals surface area contributed by atoms with E-state index >= 15 is 0 Å². The lowest BCUT2D eigenvalue weighted by atomic mass is 10.0. The van der Waals surface area contributed by atoms with Gasteiger partial charge in [0.15, 0.2) is 6.10 Å². The molecule has 0 N–H and O–H groups in total. The minimum Gasteiger partial charge on any atom is -0.462 e. The molecular formula is C75H132O6. The predicted molar refractivity (Wildman–Crippen MR) is 353 cm³/mol. The average Bonchev–Trinajstić information content (AvgIpc) is 3.47. The van der Waals surface area contributed by atoms with E-state index in [1.54, 1.807) is 0 Å². The monoisotopic (exact) mass is 1130 g/mol. The second-order valence-electron chi connectivity index (χ2n) is 23.4. The van der Waals surface area contributed by atoms with Crippen LogP contribution in [0.1, 0.15) is 355 Å². The maximum absolute atomic E-state index is 12.9. The fraction of sp³-hybridized carbons (Fsp3) is 0.773. The molecular weight excluding hydrogens is 997 g/mol. The molecule has 468 valence electrons. The number of rotatable bonds is 64. The van der Waals surface area contributed by atoms with E-state index in [-0.39, 0.29) is 31.1 Å². The molecule has 0 rings (SSSR count). The summed E-state index contributed by atoms with van der Waals surface area (Å²) in [5.41, 5.74) is 0. The van der Waals surface area contributed by atoms with Crippen molar-refractivity contribution in [2.75, 3.05) is 13.2 Å². The van der Waals surface area contributed by atoms with E-state index in [0.717, 1.165) is 116 Å². The largest absolute Gasteiger partial charge is 0.462 e. The van der Waals surface area contributed by atoms with Gasteiger partial charge in [-0.15, -0.1) is 0 Å². The number of hydrogen-bond acceptors (Lipinski definition) is 6. The minimum absolute atomic E-state index is 0.0849. The average molecular weight is 1130 g/mol. The second-order valence-corrected chi connectivity index (χ2v) is 23.4. The zero-order valence-electron chi connectivity index (χ0n) is 53.8. The van der Waals surface area contributed by atoms with E-state index in [1.165, 1.54) is 199 Å². The summed E-state index contributed by atoms with van der Waals surface area (Å²) in [5, 5.41) is 0. The van der Waals surface area contributed by atoms with Gasteiger partial charge in [0.1, 0.15) is 13.2 Å². The lowest BCUT2D eigenvalue weighted by molar-refractivity contribution is -0.167. The Morgan fingerprint density at radius 3 is 0.765 bits per heavy atom. The molecule has 0 aliphatic rings. The Kier molecular flexibility index (Phi) is 66.2. The first kappa shape index (κ1) is 77.6. The van der Waals surface area contributed by atoms with E-state index in [2.05, 4.69) is 106 Å². The van der Waals surface area contributed by atoms with Gasteiger partial charge in [-0.1, -0.05) is 305 Å². The van der Waals surface area contributed by atoms with Crippen LogP contribution in [-0.2, 0) is 28.6 Å². The summed E-state index contributed by atoms with van der Waals surface area (Å²) in [5.74, 6) is -0.896. The summed E-state index contributed by atoms with van der Waals surface area (Å²) in [4.78, 5) is 38.4. The molecule has 0 radical (unpaired) electrons. The molecule has 0 bridgehead atoms. The molecule has 6 heteroatoms. The summed E-state index contributed by atoms with van der Waals surface area (Å²) in [6.07, 6.45) is 91.8. The molecule has 0 aromatic carbocycles. The number of carbonyl (C=O) groups excluding carboxylic acids is 3. The number of esters is 3. The SMILES string of the molecule is CC/C=C\C/C=C\C/C=C\C/C=C\C/C=C\CCCCCCCC(=O)OC(COC(=O)CCCCCCC/C=C\CCCCCCCC)COC(=O)CCCCCCCCCCCCCCCCC/C=C\CCCCCCCCCC. The highest BCUT2D eigenvalue weighted by Crippen LogP contribution is 2.17. The number of ether oxygens (including phenoxy) is 3. The van der Waals surface area contributed by atoms with Crippen LogP contribution in [0.25, 0.3) is 0 Å². The minimum atomic E-state index is -0.792. The fourth-order valence-corrected chi connectivity index (χ4v) is 10.1. The van der Waals surface area contributed by atoms with Crippen LogP contribution in [0, 0.1) is 0 Å². The Labute approximate surface area is 503 Å². The Hall–Kier alpha value is -3.41. The molecule has 6 nitrogen and oxygen atoms in total. The molecule has 0 aliphatic heterocycles. The second kappa shape index (κ2) is 69.1. The standard InChI is InChI=1S/C75H132O6/c1-4-7-10-13-16-19-22-25-28-30-32-34-35-36-37-38-39-41-42-44-47-50-53-56-59-62-65-68-74(77)80-71-72(70-79-73(76)67-64-61-58-55-52-49-46-27-24-21-18-15-12-9-6-3)81-75(78)69-66-63-60-57-54-51-48-45-43-40-33-31-29-26-23-20-17-14-11-8-5-2/h8,11,17,20,26-27,29-30,32-33,40,45-46,48,72H,4-7,9-10,12-16,18-19,21-25,28,31,34-39,41-44,47,49-71H2,1-3H3/b11-8-,20-17-,29-26-,32-30-,40-33-,46-27-,48-45-. The first-order chi connectivity index (χ1) is 40.0. The summed E-state index contributed by atoms with van der Waals surface area (Å²) < 4.78 is 17.0. The Balaban J connectivity index is 4.32. The van der Waals surface area contributed by atoms with Crippen molar-refractivity contribution in [3.8, 4) is 0 Å². The zero-order chi connectivity index (χ0) is 58.5. The van der Waals surface area contributed by atoms with Gasteiger partial charge in [0.2, 0.25) is 0 Å². The van der Waals surface area contributed by atoms with Gasteiger partial charge >= 0.3 is 17.9 Å². The number of hydrogen-bond donors (Lipinski definition) is 0. The molecule has 0 aliphatic carbocycles. The first-order valence-corrected chi connectivity index (χ1v) is 35.1. The van der Waals surface area contributed by atoms with Gasteiger partial charge in [0.25, 0.3) is 0 Å². The normalized spacial score (nSPS) is 12.6. The maximum Gasteiger partial charge on any atom is 0.306 e. The third kappa shape index (κ3) is 67.3. The van der Waals surface area contributed by atoms with Crippen LogP contribution >= 0.6 is 0 Å². The summed E-state index contributed by atoms with van der Waals surface area (Å²) >= 11 is 0. The van der Waals surface area contributed by atoms with Crippen LogP contribution in [0.15, 0.2) is 85.1 Å². The van der Waals surface area contributed by atoms with Crippen molar-refractivity contribution in [2.45, 2.75) is 361 Å². The predicted octanol–water partition coefficient (Wildman–Crippen LogP) is 24.2. The van der Waals surface area contributed by atoms with E-state index in [9.17, 15) is 14.4 Å². The summed E-state index contributed by atoms with van der Waals surface area (Å²) in [6.45, 7) is 6.54. The van der Waals surface area contributed by atoms with Crippen molar-refractivity contribution in [1.29, 1.82) is 0 Å². The molecule has 1 unspecified atom stereocenters. The van der Waals surface area contributed by atoms with Crippen LogP contribution in [0.2, 0.25) is 0 Å². The van der Waals surface area contributed by atoms with E-state index < -0.39 is 6.10 Å². The van der Waals surface area contributed by atoms with Crippen molar-refractivity contribution >= 4 is 17.9 Å². The highest BCUT2D eigenvalue weighted by Gasteiger charge is 2.19. The van der Waals surface area contributed by atoms with Crippen molar-refractivity contribution in [2.24, 2.45) is 0 Å². The molecule has 0 heterocycles. The molecule has 0 amide bonds. The third-order valence-electron chi connectivity index (χ3n) is 15.4. The Bertz CT molecular complexity index is 1530. The maximum atomic E-state index is 12.9. The van der Waals surface area contributed by atoms with Crippen molar-refractivity contribution in [1.82, 2.24) is 0 Å². The Morgan fingerprint density at radius 1 is 0.259 bits per heavy atom. The topological polar surface area (TPSA) is 78.9 Å². The number of carbonyl (C=O) groups is 3. The lowest BCUT2D eigenvalue weighted by Gasteiger charge is -2.18. The smallest absolute Gasteiger partial charge is 0.306 e. The third-order valence-corrected chi connectivity index (χ3v) is 15.4. The van der Waals surface area contributed by atoms with Crippen LogP contribution < -0.4 is 0 Å². The van der Waals surface area contributed by atoms with E-state index in [1.807, 2.05) is 0 Å². The first-order valence-electron chi connectivity index (χ1n) is 35.1. The number of unbranched alkanes of at least 4 members (excludes halogenated alkanes) is 39. The molecule has 0 aromatic rings. The van der Waals surface area contributed by atoms with Gasteiger partial charge in [-0.05, 0) is 116 Å². The molecule has 0 aromatic heterocycles. The molecule has 0 spiro atoms. The van der Waals surface area contributed by atoms with Crippen molar-refractivity contribution in [3.63, 3.8) is 0 Å². The van der Waals surface area contributed by atoms with Crippen LogP contribution in [0.3, 0.4) is 0 Å². The molecule has 1 atom stereocenters.